The number of carbonyl (C=O) groups excluding carboxylic acids is 1. The maximum Gasteiger partial charge on any atom is 0.253 e. The third-order valence-corrected chi connectivity index (χ3v) is 6.97. The van der Waals surface area contributed by atoms with Crippen LogP contribution in [0, 0.1) is 0 Å². The molecule has 3 aromatic carbocycles. The van der Waals surface area contributed by atoms with Crippen LogP contribution in [0.15, 0.2) is 78.9 Å². The monoisotopic (exact) mass is 515 g/mol. The summed E-state index contributed by atoms with van der Waals surface area (Å²) in [5.74, 6) is 1.31. The zero-order valence-electron chi connectivity index (χ0n) is 20.7. The van der Waals surface area contributed by atoms with Gasteiger partial charge in [-0.25, -0.2) is 0 Å². The van der Waals surface area contributed by atoms with Gasteiger partial charge in [0.15, 0.2) is 5.01 Å². The Hall–Kier alpha value is -3.79. The SMILES string of the molecule is CN(CCN1CCOCC1)C(=O)c1ccc(Oc2ccccc2-c2nnc(Nc3ccccc3)s2)cc1. The molecule has 1 aromatic heterocycles. The van der Waals surface area contributed by atoms with E-state index in [2.05, 4.69) is 20.4 Å². The summed E-state index contributed by atoms with van der Waals surface area (Å²) in [5, 5.41) is 13.4. The van der Waals surface area contributed by atoms with Crippen molar-refractivity contribution < 1.29 is 14.3 Å². The standard InChI is InChI=1S/C28H29N5O3S/c1-32(15-16-33-17-19-35-20-18-33)27(34)21-11-13-23(14-12-21)36-25-10-6-5-9-24(25)26-30-31-28(37-26)29-22-7-3-2-4-8-22/h2-14H,15-20H2,1H3,(H,29,31). The fraction of sp³-hybridized carbons (Fsp3) is 0.250. The minimum Gasteiger partial charge on any atom is -0.457 e. The normalized spacial score (nSPS) is 13.8. The van der Waals surface area contributed by atoms with Crippen LogP contribution < -0.4 is 10.1 Å². The van der Waals surface area contributed by atoms with Crippen LogP contribution in [-0.2, 0) is 4.74 Å². The predicted octanol–water partition coefficient (Wildman–Crippen LogP) is 5.15. The van der Waals surface area contributed by atoms with E-state index >= 15 is 0 Å². The highest BCUT2D eigenvalue weighted by atomic mass is 32.1. The quantitative estimate of drug-likeness (QED) is 0.330. The number of benzene rings is 3. The van der Waals surface area contributed by atoms with Gasteiger partial charge in [-0.1, -0.05) is 41.7 Å². The van der Waals surface area contributed by atoms with Crippen molar-refractivity contribution in [3.8, 4) is 22.1 Å². The summed E-state index contributed by atoms with van der Waals surface area (Å²) in [6, 6.07) is 24.9. The molecule has 5 rings (SSSR count). The van der Waals surface area contributed by atoms with Crippen molar-refractivity contribution in [1.82, 2.24) is 20.0 Å². The summed E-state index contributed by atoms with van der Waals surface area (Å²) in [6.45, 7) is 4.86. The molecule has 9 heteroatoms. The van der Waals surface area contributed by atoms with Crippen molar-refractivity contribution in [2.75, 3.05) is 51.8 Å². The third-order valence-electron chi connectivity index (χ3n) is 6.10. The Bertz CT molecular complexity index is 1310. The van der Waals surface area contributed by atoms with E-state index in [1.54, 1.807) is 17.0 Å². The number of morpholine rings is 1. The van der Waals surface area contributed by atoms with Crippen molar-refractivity contribution >= 4 is 28.1 Å². The van der Waals surface area contributed by atoms with E-state index in [0.717, 1.165) is 49.1 Å². The molecule has 0 bridgehead atoms. The Kier molecular flexibility index (Phi) is 8.05. The summed E-state index contributed by atoms with van der Waals surface area (Å²) >= 11 is 1.46. The van der Waals surface area contributed by atoms with Crippen LogP contribution in [0.5, 0.6) is 11.5 Å². The molecular formula is C28H29N5O3S. The number of aromatic nitrogens is 2. The van der Waals surface area contributed by atoms with E-state index in [1.807, 2.05) is 73.8 Å². The molecule has 37 heavy (non-hydrogen) atoms. The second-order valence-electron chi connectivity index (χ2n) is 8.71. The van der Waals surface area contributed by atoms with E-state index in [-0.39, 0.29) is 5.91 Å². The fourth-order valence-electron chi connectivity index (χ4n) is 3.99. The summed E-state index contributed by atoms with van der Waals surface area (Å²) in [7, 11) is 1.84. The summed E-state index contributed by atoms with van der Waals surface area (Å²) < 4.78 is 11.6. The maximum atomic E-state index is 12.9. The first kappa shape index (κ1) is 24.9. The molecule has 1 aliphatic heterocycles. The highest BCUT2D eigenvalue weighted by molar-refractivity contribution is 7.18. The number of para-hydroxylation sites is 2. The lowest BCUT2D eigenvalue weighted by Crippen LogP contribution is -2.41. The number of amides is 1. The molecule has 1 saturated heterocycles. The number of nitrogens with one attached hydrogen (secondary N) is 1. The predicted molar refractivity (Wildman–Crippen MR) is 146 cm³/mol. The van der Waals surface area contributed by atoms with Crippen LogP contribution >= 0.6 is 11.3 Å². The van der Waals surface area contributed by atoms with Gasteiger partial charge in [0.2, 0.25) is 5.13 Å². The molecule has 0 atom stereocenters. The molecule has 1 fully saturated rings. The highest BCUT2D eigenvalue weighted by Gasteiger charge is 2.16. The topological polar surface area (TPSA) is 79.8 Å². The molecular weight excluding hydrogens is 486 g/mol. The van der Waals surface area contributed by atoms with Gasteiger partial charge in [-0.2, -0.15) is 0 Å². The number of hydrogen-bond donors (Lipinski definition) is 1. The molecule has 8 nitrogen and oxygen atoms in total. The first-order valence-electron chi connectivity index (χ1n) is 12.2. The third kappa shape index (κ3) is 6.51. The average molecular weight is 516 g/mol. The van der Waals surface area contributed by atoms with Crippen molar-refractivity contribution in [2.24, 2.45) is 0 Å². The smallest absolute Gasteiger partial charge is 0.253 e. The van der Waals surface area contributed by atoms with Gasteiger partial charge in [0, 0.05) is 44.5 Å². The number of rotatable bonds is 9. The Morgan fingerprint density at radius 2 is 1.73 bits per heavy atom. The summed E-state index contributed by atoms with van der Waals surface area (Å²) in [5.41, 5.74) is 2.44. The zero-order valence-corrected chi connectivity index (χ0v) is 21.5. The molecule has 4 aromatic rings. The molecule has 0 radical (unpaired) electrons. The first-order chi connectivity index (χ1) is 18.2. The number of likely N-dealkylation sites (N-methyl/N-ethyl adjacent to an activating group) is 1. The lowest BCUT2D eigenvalue weighted by molar-refractivity contribution is 0.0338. The minimum atomic E-state index is -0.00693. The molecule has 0 aliphatic carbocycles. The maximum absolute atomic E-state index is 12.9. The Balaban J connectivity index is 1.22. The number of hydrogen-bond acceptors (Lipinski definition) is 8. The van der Waals surface area contributed by atoms with E-state index in [1.165, 1.54) is 11.3 Å². The average Bonchev–Trinajstić information content (AvgIpc) is 3.41. The second kappa shape index (κ2) is 12.0. The van der Waals surface area contributed by atoms with E-state index in [0.29, 0.717) is 28.7 Å². The van der Waals surface area contributed by atoms with Crippen LogP contribution in [0.25, 0.3) is 10.6 Å². The number of ether oxygens (including phenoxy) is 2. The Morgan fingerprint density at radius 1 is 1.00 bits per heavy atom. The molecule has 0 spiro atoms. The minimum absolute atomic E-state index is 0.00693. The van der Waals surface area contributed by atoms with Gasteiger partial charge in [0.1, 0.15) is 11.5 Å². The second-order valence-corrected chi connectivity index (χ2v) is 9.68. The van der Waals surface area contributed by atoms with Gasteiger partial charge in [0.05, 0.1) is 18.8 Å². The number of carbonyl (C=O) groups is 1. The molecule has 1 amide bonds. The lowest BCUT2D eigenvalue weighted by Gasteiger charge is -2.28. The Morgan fingerprint density at radius 3 is 2.51 bits per heavy atom. The summed E-state index contributed by atoms with van der Waals surface area (Å²) in [4.78, 5) is 17.0. The molecule has 1 aliphatic rings. The van der Waals surface area contributed by atoms with Crippen molar-refractivity contribution in [3.05, 3.63) is 84.4 Å². The summed E-state index contributed by atoms with van der Waals surface area (Å²) in [6.07, 6.45) is 0. The van der Waals surface area contributed by atoms with Crippen LogP contribution in [0.3, 0.4) is 0 Å². The molecule has 190 valence electrons. The van der Waals surface area contributed by atoms with E-state index in [9.17, 15) is 4.79 Å². The van der Waals surface area contributed by atoms with Crippen LogP contribution in [0.2, 0.25) is 0 Å². The van der Waals surface area contributed by atoms with Crippen LogP contribution in [0.1, 0.15) is 10.4 Å². The largest absolute Gasteiger partial charge is 0.457 e. The highest BCUT2D eigenvalue weighted by Crippen LogP contribution is 2.36. The van der Waals surface area contributed by atoms with E-state index < -0.39 is 0 Å². The van der Waals surface area contributed by atoms with Gasteiger partial charge in [-0.3, -0.25) is 9.69 Å². The Labute approximate surface area is 220 Å². The van der Waals surface area contributed by atoms with Gasteiger partial charge in [0.25, 0.3) is 5.91 Å². The number of anilines is 2. The van der Waals surface area contributed by atoms with Crippen molar-refractivity contribution in [2.45, 2.75) is 0 Å². The van der Waals surface area contributed by atoms with Gasteiger partial charge >= 0.3 is 0 Å². The molecule has 0 saturated carbocycles. The molecule has 1 N–H and O–H groups in total. The van der Waals surface area contributed by atoms with Gasteiger partial charge in [-0.05, 0) is 48.5 Å². The fourth-order valence-corrected chi connectivity index (χ4v) is 4.78. The van der Waals surface area contributed by atoms with Crippen LogP contribution in [0.4, 0.5) is 10.8 Å². The van der Waals surface area contributed by atoms with E-state index in [4.69, 9.17) is 9.47 Å². The number of nitrogens with zero attached hydrogens (tertiary/aromatic N) is 4. The van der Waals surface area contributed by atoms with Gasteiger partial charge < -0.3 is 19.7 Å². The lowest BCUT2D eigenvalue weighted by atomic mass is 10.2. The molecule has 0 unspecified atom stereocenters. The van der Waals surface area contributed by atoms with Crippen molar-refractivity contribution in [3.63, 3.8) is 0 Å². The van der Waals surface area contributed by atoms with Crippen molar-refractivity contribution in [1.29, 1.82) is 0 Å². The molecule has 2 heterocycles. The van der Waals surface area contributed by atoms with Crippen LogP contribution in [-0.4, -0.2) is 72.3 Å². The zero-order chi connectivity index (χ0) is 25.5. The first-order valence-corrected chi connectivity index (χ1v) is 13.1. The van der Waals surface area contributed by atoms with Gasteiger partial charge in [-0.15, -0.1) is 10.2 Å².